The predicted molar refractivity (Wildman–Crippen MR) is 28.6 cm³/mol. The van der Waals surface area contributed by atoms with Crippen LogP contribution < -0.4 is 0 Å². The summed E-state index contributed by atoms with van der Waals surface area (Å²) >= 11 is 0. The van der Waals surface area contributed by atoms with Crippen LogP contribution in [0.15, 0.2) is 0 Å². The van der Waals surface area contributed by atoms with Crippen molar-refractivity contribution in [2.75, 3.05) is 0 Å². The van der Waals surface area contributed by atoms with Gasteiger partial charge < -0.3 is 9.47 Å². The molecule has 0 spiro atoms. The number of carbonyl (C=O) groups is 1. The monoisotopic (exact) mass is 128 g/mol. The molecule has 50 valence electrons. The van der Waals surface area contributed by atoms with E-state index in [2.05, 4.69) is 0 Å². The standard InChI is InChI=1S/C6H8O3/c7-5-3-4-1-2-6(8-4)9-5/h4,6H,1-3H2. The maximum Gasteiger partial charge on any atom is 0.310 e. The van der Waals surface area contributed by atoms with Crippen molar-refractivity contribution in [3.05, 3.63) is 0 Å². The fourth-order valence-electron chi connectivity index (χ4n) is 1.29. The third kappa shape index (κ3) is 0.812. The van der Waals surface area contributed by atoms with Crippen LogP contribution in [0.4, 0.5) is 0 Å². The predicted octanol–water partition coefficient (Wildman–Crippen LogP) is 0.438. The summed E-state index contributed by atoms with van der Waals surface area (Å²) in [5, 5.41) is 0. The fraction of sp³-hybridized carbons (Fsp3) is 0.833. The van der Waals surface area contributed by atoms with E-state index in [1.54, 1.807) is 0 Å². The van der Waals surface area contributed by atoms with Gasteiger partial charge in [0.2, 0.25) is 6.29 Å². The molecule has 0 aromatic carbocycles. The molecule has 2 heterocycles. The minimum Gasteiger partial charge on any atom is -0.436 e. The third-order valence-corrected chi connectivity index (χ3v) is 1.73. The van der Waals surface area contributed by atoms with Gasteiger partial charge in [0.25, 0.3) is 0 Å². The first kappa shape index (κ1) is 5.23. The second-order valence-electron chi connectivity index (χ2n) is 2.46. The van der Waals surface area contributed by atoms with Crippen LogP contribution in [0.3, 0.4) is 0 Å². The van der Waals surface area contributed by atoms with E-state index >= 15 is 0 Å². The molecule has 0 N–H and O–H groups in total. The van der Waals surface area contributed by atoms with Crippen LogP contribution in [0.5, 0.6) is 0 Å². The Morgan fingerprint density at radius 1 is 1.44 bits per heavy atom. The zero-order valence-corrected chi connectivity index (χ0v) is 5.00. The van der Waals surface area contributed by atoms with Gasteiger partial charge in [0.1, 0.15) is 0 Å². The minimum absolute atomic E-state index is 0.103. The van der Waals surface area contributed by atoms with Gasteiger partial charge in [-0.2, -0.15) is 0 Å². The van der Waals surface area contributed by atoms with Crippen molar-refractivity contribution in [2.24, 2.45) is 0 Å². The highest BCUT2D eigenvalue weighted by Crippen LogP contribution is 2.27. The molecule has 3 nitrogen and oxygen atoms in total. The fourth-order valence-corrected chi connectivity index (χ4v) is 1.29. The summed E-state index contributed by atoms with van der Waals surface area (Å²) in [5.41, 5.74) is 0. The van der Waals surface area contributed by atoms with Crippen molar-refractivity contribution in [2.45, 2.75) is 31.7 Å². The van der Waals surface area contributed by atoms with Crippen LogP contribution in [0.1, 0.15) is 19.3 Å². The lowest BCUT2D eigenvalue weighted by Crippen LogP contribution is -2.27. The molecule has 9 heavy (non-hydrogen) atoms. The van der Waals surface area contributed by atoms with E-state index in [9.17, 15) is 4.79 Å². The van der Waals surface area contributed by atoms with Crippen molar-refractivity contribution >= 4 is 5.97 Å². The van der Waals surface area contributed by atoms with Gasteiger partial charge in [0.05, 0.1) is 12.5 Å². The molecule has 2 saturated heterocycles. The van der Waals surface area contributed by atoms with Crippen molar-refractivity contribution < 1.29 is 14.3 Å². The molecule has 2 bridgehead atoms. The third-order valence-electron chi connectivity index (χ3n) is 1.73. The first-order valence-corrected chi connectivity index (χ1v) is 3.19. The van der Waals surface area contributed by atoms with Crippen LogP contribution >= 0.6 is 0 Å². The first-order chi connectivity index (χ1) is 4.34. The highest BCUT2D eigenvalue weighted by atomic mass is 16.7. The van der Waals surface area contributed by atoms with Gasteiger partial charge in [-0.25, -0.2) is 0 Å². The number of fused-ring (bicyclic) bond motifs is 2. The highest BCUT2D eigenvalue weighted by Gasteiger charge is 2.34. The molecule has 0 aromatic rings. The van der Waals surface area contributed by atoms with Gasteiger partial charge in [0, 0.05) is 6.42 Å². The number of hydrogen-bond acceptors (Lipinski definition) is 3. The molecule has 2 unspecified atom stereocenters. The molecule has 2 aliphatic rings. The Balaban J connectivity index is 2.11. The zero-order chi connectivity index (χ0) is 6.27. The van der Waals surface area contributed by atoms with Crippen molar-refractivity contribution in [1.82, 2.24) is 0 Å². The largest absolute Gasteiger partial charge is 0.436 e. The van der Waals surface area contributed by atoms with E-state index in [1.165, 1.54) is 0 Å². The van der Waals surface area contributed by atoms with Crippen molar-refractivity contribution in [3.63, 3.8) is 0 Å². The molecular weight excluding hydrogens is 120 g/mol. The normalized spacial score (nSPS) is 40.7. The maximum absolute atomic E-state index is 10.6. The van der Waals surface area contributed by atoms with E-state index in [-0.39, 0.29) is 18.4 Å². The Labute approximate surface area is 52.9 Å². The van der Waals surface area contributed by atoms with Gasteiger partial charge in [-0.05, 0) is 6.42 Å². The summed E-state index contributed by atoms with van der Waals surface area (Å²) in [5.74, 6) is -0.103. The quantitative estimate of drug-likeness (QED) is 0.444. The van der Waals surface area contributed by atoms with Gasteiger partial charge in [-0.3, -0.25) is 4.79 Å². The lowest BCUT2D eigenvalue weighted by atomic mass is 10.2. The Bertz CT molecular complexity index is 129. The van der Waals surface area contributed by atoms with E-state index in [0.717, 1.165) is 12.8 Å². The molecule has 0 amide bonds. The molecular formula is C6H8O3. The van der Waals surface area contributed by atoms with E-state index in [0.29, 0.717) is 6.42 Å². The lowest BCUT2D eigenvalue weighted by molar-refractivity contribution is -0.194. The summed E-state index contributed by atoms with van der Waals surface area (Å²) in [7, 11) is 0. The summed E-state index contributed by atoms with van der Waals surface area (Å²) in [4.78, 5) is 10.6. The number of esters is 1. The highest BCUT2D eigenvalue weighted by molar-refractivity contribution is 5.70. The van der Waals surface area contributed by atoms with Crippen LogP contribution in [0.25, 0.3) is 0 Å². The Morgan fingerprint density at radius 2 is 2.33 bits per heavy atom. The van der Waals surface area contributed by atoms with Crippen molar-refractivity contribution in [1.29, 1.82) is 0 Å². The lowest BCUT2D eigenvalue weighted by Gasteiger charge is -2.19. The number of rotatable bonds is 0. The molecule has 0 radical (unpaired) electrons. The topological polar surface area (TPSA) is 35.5 Å². The zero-order valence-electron chi connectivity index (χ0n) is 5.00. The van der Waals surface area contributed by atoms with E-state index in [4.69, 9.17) is 9.47 Å². The molecule has 0 aromatic heterocycles. The molecule has 2 atom stereocenters. The van der Waals surface area contributed by atoms with Crippen molar-refractivity contribution in [3.8, 4) is 0 Å². The molecule has 0 aliphatic carbocycles. The Morgan fingerprint density at radius 3 is 3.11 bits per heavy atom. The van der Waals surface area contributed by atoms with Crippen LogP contribution in [-0.2, 0) is 14.3 Å². The molecule has 2 aliphatic heterocycles. The van der Waals surface area contributed by atoms with Crippen LogP contribution in [0.2, 0.25) is 0 Å². The van der Waals surface area contributed by atoms with Gasteiger partial charge in [0.15, 0.2) is 0 Å². The number of carbonyl (C=O) groups excluding carboxylic acids is 1. The minimum atomic E-state index is -0.212. The van der Waals surface area contributed by atoms with Crippen LogP contribution in [-0.4, -0.2) is 18.4 Å². The van der Waals surface area contributed by atoms with E-state index < -0.39 is 0 Å². The summed E-state index contributed by atoms with van der Waals surface area (Å²) in [6.07, 6.45) is 2.27. The Kier molecular flexibility index (Phi) is 0.990. The number of hydrogen-bond donors (Lipinski definition) is 0. The van der Waals surface area contributed by atoms with Gasteiger partial charge in [-0.15, -0.1) is 0 Å². The average molecular weight is 128 g/mol. The Hall–Kier alpha value is -0.570. The first-order valence-electron chi connectivity index (χ1n) is 3.19. The summed E-state index contributed by atoms with van der Waals surface area (Å²) in [6.45, 7) is 0. The average Bonchev–Trinajstić information content (AvgIpc) is 2.11. The molecule has 3 heteroatoms. The summed E-state index contributed by atoms with van der Waals surface area (Å²) in [6, 6.07) is 0. The smallest absolute Gasteiger partial charge is 0.310 e. The molecule has 2 fully saturated rings. The molecule has 2 rings (SSSR count). The maximum atomic E-state index is 10.6. The van der Waals surface area contributed by atoms with Crippen LogP contribution in [0, 0.1) is 0 Å². The second-order valence-corrected chi connectivity index (χ2v) is 2.46. The molecule has 0 saturated carbocycles. The SMILES string of the molecule is O=C1CC2CCC(O1)O2. The van der Waals surface area contributed by atoms with E-state index in [1.807, 2.05) is 0 Å². The van der Waals surface area contributed by atoms with Gasteiger partial charge in [-0.1, -0.05) is 0 Å². The second kappa shape index (κ2) is 1.70. The summed E-state index contributed by atoms with van der Waals surface area (Å²) < 4.78 is 10.0. The van der Waals surface area contributed by atoms with Gasteiger partial charge >= 0.3 is 5.97 Å². The number of ether oxygens (including phenoxy) is 2.